The molecule has 0 rings (SSSR count). The van der Waals surface area contributed by atoms with Gasteiger partial charge < -0.3 is 15.1 Å². The van der Waals surface area contributed by atoms with Gasteiger partial charge >= 0.3 is 6.03 Å². The molecule has 0 aliphatic rings. The third-order valence-electron chi connectivity index (χ3n) is 2.79. The van der Waals surface area contributed by atoms with Crippen LogP contribution < -0.4 is 5.32 Å². The fourth-order valence-electron chi connectivity index (χ4n) is 1.69. The molecule has 0 aliphatic heterocycles. The molecule has 4 nitrogen and oxygen atoms in total. The molecule has 0 unspecified atom stereocenters. The van der Waals surface area contributed by atoms with Crippen molar-refractivity contribution in [2.75, 3.05) is 39.3 Å². The summed E-state index contributed by atoms with van der Waals surface area (Å²) < 4.78 is 0. The number of carbonyl (C=O) groups is 1. The average Bonchev–Trinajstić information content (AvgIpc) is 2.30. The Kier molecular flexibility index (Phi) is 9.00. The third kappa shape index (κ3) is 5.95. The smallest absolute Gasteiger partial charge is 0.317 e. The predicted octanol–water partition coefficient (Wildman–Crippen LogP) is 1.77. The molecule has 0 aromatic heterocycles. The largest absolute Gasteiger partial charge is 0.338 e. The number of nitrogens with zero attached hydrogens (tertiary/aromatic N) is 2. The van der Waals surface area contributed by atoms with Crippen LogP contribution in [0.2, 0.25) is 0 Å². The number of hydrogen-bond acceptors (Lipinski definition) is 2. The van der Waals surface area contributed by atoms with Crippen molar-refractivity contribution >= 4 is 6.03 Å². The zero-order valence-corrected chi connectivity index (χ0v) is 11.3. The lowest BCUT2D eigenvalue weighted by Crippen LogP contribution is -2.41. The van der Waals surface area contributed by atoms with Gasteiger partial charge in [0.05, 0.1) is 0 Å². The fourth-order valence-corrected chi connectivity index (χ4v) is 1.69. The molecular formula is C12H27N3O. The van der Waals surface area contributed by atoms with Gasteiger partial charge in [0.1, 0.15) is 0 Å². The Morgan fingerprint density at radius 1 is 1.00 bits per heavy atom. The number of amides is 2. The second-order valence-electron chi connectivity index (χ2n) is 3.80. The van der Waals surface area contributed by atoms with Crippen LogP contribution in [0.15, 0.2) is 0 Å². The summed E-state index contributed by atoms with van der Waals surface area (Å²) in [5.74, 6) is 0. The van der Waals surface area contributed by atoms with E-state index < -0.39 is 0 Å². The summed E-state index contributed by atoms with van der Waals surface area (Å²) in [6.07, 6.45) is 1.05. The Labute approximate surface area is 100.0 Å². The molecular weight excluding hydrogens is 202 g/mol. The van der Waals surface area contributed by atoms with Crippen LogP contribution in [0.4, 0.5) is 4.79 Å². The molecule has 96 valence electrons. The van der Waals surface area contributed by atoms with E-state index in [9.17, 15) is 4.79 Å². The van der Waals surface area contributed by atoms with E-state index in [-0.39, 0.29) is 6.03 Å². The first kappa shape index (κ1) is 15.2. The second kappa shape index (κ2) is 9.46. The molecule has 0 bridgehead atoms. The molecule has 2 amide bonds. The molecule has 0 aromatic carbocycles. The minimum atomic E-state index is 0.0598. The quantitative estimate of drug-likeness (QED) is 0.688. The lowest BCUT2D eigenvalue weighted by Gasteiger charge is -2.23. The molecule has 0 saturated heterocycles. The number of rotatable bonds is 8. The standard InChI is InChI=1S/C12H27N3O/c1-5-13-12(16)15(8-4)11-9-10-14(6-2)7-3/h5-11H2,1-4H3,(H,13,16). The molecule has 0 heterocycles. The van der Waals surface area contributed by atoms with Crippen LogP contribution in [0.3, 0.4) is 0 Å². The van der Waals surface area contributed by atoms with Crippen LogP contribution in [0.1, 0.15) is 34.1 Å². The first-order valence-corrected chi connectivity index (χ1v) is 6.44. The van der Waals surface area contributed by atoms with Crippen molar-refractivity contribution in [2.45, 2.75) is 34.1 Å². The van der Waals surface area contributed by atoms with E-state index in [1.807, 2.05) is 18.7 Å². The van der Waals surface area contributed by atoms with E-state index in [0.717, 1.165) is 39.1 Å². The Morgan fingerprint density at radius 2 is 1.62 bits per heavy atom. The fraction of sp³-hybridized carbons (Fsp3) is 0.917. The topological polar surface area (TPSA) is 35.6 Å². The summed E-state index contributed by atoms with van der Waals surface area (Å²) in [6.45, 7) is 13.9. The maximum Gasteiger partial charge on any atom is 0.317 e. The van der Waals surface area contributed by atoms with Crippen LogP contribution in [-0.4, -0.2) is 55.1 Å². The van der Waals surface area contributed by atoms with Crippen LogP contribution in [0.25, 0.3) is 0 Å². The molecule has 0 spiro atoms. The molecule has 0 saturated carbocycles. The maximum absolute atomic E-state index is 11.6. The van der Waals surface area contributed by atoms with Crippen molar-refractivity contribution in [3.63, 3.8) is 0 Å². The average molecular weight is 229 g/mol. The number of urea groups is 1. The first-order chi connectivity index (χ1) is 7.69. The van der Waals surface area contributed by atoms with Gasteiger partial charge in [-0.15, -0.1) is 0 Å². The Bertz CT molecular complexity index is 181. The van der Waals surface area contributed by atoms with Gasteiger partial charge in [-0.2, -0.15) is 0 Å². The van der Waals surface area contributed by atoms with E-state index in [4.69, 9.17) is 0 Å². The SMILES string of the molecule is CCNC(=O)N(CC)CCCN(CC)CC. The maximum atomic E-state index is 11.6. The highest BCUT2D eigenvalue weighted by Crippen LogP contribution is 1.96. The lowest BCUT2D eigenvalue weighted by atomic mass is 10.3. The predicted molar refractivity (Wildman–Crippen MR) is 68.7 cm³/mol. The number of hydrogen-bond donors (Lipinski definition) is 1. The Morgan fingerprint density at radius 3 is 2.06 bits per heavy atom. The van der Waals surface area contributed by atoms with Crippen molar-refractivity contribution in [1.82, 2.24) is 15.1 Å². The van der Waals surface area contributed by atoms with Gasteiger partial charge in [-0.05, 0) is 39.9 Å². The van der Waals surface area contributed by atoms with Gasteiger partial charge in [0.25, 0.3) is 0 Å². The van der Waals surface area contributed by atoms with Crippen LogP contribution in [0, 0.1) is 0 Å². The van der Waals surface area contributed by atoms with Crippen molar-refractivity contribution < 1.29 is 4.79 Å². The minimum Gasteiger partial charge on any atom is -0.338 e. The first-order valence-electron chi connectivity index (χ1n) is 6.44. The van der Waals surface area contributed by atoms with E-state index >= 15 is 0 Å². The minimum absolute atomic E-state index is 0.0598. The third-order valence-corrected chi connectivity index (χ3v) is 2.79. The Balaban J connectivity index is 3.82. The molecule has 16 heavy (non-hydrogen) atoms. The van der Waals surface area contributed by atoms with Gasteiger partial charge in [-0.3, -0.25) is 0 Å². The zero-order valence-electron chi connectivity index (χ0n) is 11.3. The van der Waals surface area contributed by atoms with Crippen LogP contribution in [0.5, 0.6) is 0 Å². The van der Waals surface area contributed by atoms with E-state index in [0.29, 0.717) is 6.54 Å². The zero-order chi connectivity index (χ0) is 12.4. The summed E-state index contributed by atoms with van der Waals surface area (Å²) in [5.41, 5.74) is 0. The second-order valence-corrected chi connectivity index (χ2v) is 3.80. The number of carbonyl (C=O) groups excluding carboxylic acids is 1. The van der Waals surface area contributed by atoms with E-state index in [1.165, 1.54) is 0 Å². The van der Waals surface area contributed by atoms with Crippen LogP contribution >= 0.6 is 0 Å². The van der Waals surface area contributed by atoms with Crippen molar-refractivity contribution in [1.29, 1.82) is 0 Å². The van der Waals surface area contributed by atoms with Gasteiger partial charge in [-0.1, -0.05) is 13.8 Å². The number of nitrogens with one attached hydrogen (secondary N) is 1. The van der Waals surface area contributed by atoms with Gasteiger partial charge in [-0.25, -0.2) is 4.79 Å². The van der Waals surface area contributed by atoms with Gasteiger partial charge in [0, 0.05) is 19.6 Å². The molecule has 4 heteroatoms. The van der Waals surface area contributed by atoms with E-state index in [2.05, 4.69) is 24.1 Å². The van der Waals surface area contributed by atoms with Crippen molar-refractivity contribution in [3.05, 3.63) is 0 Å². The molecule has 0 aromatic rings. The van der Waals surface area contributed by atoms with E-state index in [1.54, 1.807) is 0 Å². The normalized spacial score (nSPS) is 10.6. The monoisotopic (exact) mass is 229 g/mol. The molecule has 0 fully saturated rings. The van der Waals surface area contributed by atoms with Crippen molar-refractivity contribution in [3.8, 4) is 0 Å². The highest BCUT2D eigenvalue weighted by Gasteiger charge is 2.09. The van der Waals surface area contributed by atoms with Gasteiger partial charge in [0.15, 0.2) is 0 Å². The van der Waals surface area contributed by atoms with Crippen LogP contribution in [-0.2, 0) is 0 Å². The Hall–Kier alpha value is -0.770. The van der Waals surface area contributed by atoms with Gasteiger partial charge in [0.2, 0.25) is 0 Å². The molecule has 0 atom stereocenters. The van der Waals surface area contributed by atoms with Crippen molar-refractivity contribution in [2.24, 2.45) is 0 Å². The summed E-state index contributed by atoms with van der Waals surface area (Å²) in [6, 6.07) is 0.0598. The highest BCUT2D eigenvalue weighted by atomic mass is 16.2. The molecule has 0 aliphatic carbocycles. The lowest BCUT2D eigenvalue weighted by molar-refractivity contribution is 0.196. The summed E-state index contributed by atoms with van der Waals surface area (Å²) in [7, 11) is 0. The molecule has 0 radical (unpaired) electrons. The summed E-state index contributed by atoms with van der Waals surface area (Å²) >= 11 is 0. The summed E-state index contributed by atoms with van der Waals surface area (Å²) in [4.78, 5) is 15.8. The highest BCUT2D eigenvalue weighted by molar-refractivity contribution is 5.73. The summed E-state index contributed by atoms with van der Waals surface area (Å²) in [5, 5.41) is 2.84. The molecule has 1 N–H and O–H groups in total.